The first-order valence-electron chi connectivity index (χ1n) is 6.12. The molecule has 0 aliphatic rings. The van der Waals surface area contributed by atoms with Gasteiger partial charge in [0.05, 0.1) is 12.8 Å². The van der Waals surface area contributed by atoms with Gasteiger partial charge < -0.3 is 9.64 Å². The van der Waals surface area contributed by atoms with Crippen molar-refractivity contribution in [3.05, 3.63) is 23.8 Å². The van der Waals surface area contributed by atoms with E-state index >= 15 is 0 Å². The Bertz CT molecular complexity index is 293. The third-order valence-corrected chi connectivity index (χ3v) is 2.44. The first kappa shape index (κ1) is 14.8. The zero-order valence-corrected chi connectivity index (χ0v) is 11.5. The van der Waals surface area contributed by atoms with Crippen LogP contribution >= 0.6 is 0 Å². The first-order chi connectivity index (χ1) is 7.72. The van der Waals surface area contributed by atoms with Crippen molar-refractivity contribution in [2.75, 3.05) is 25.1 Å². The van der Waals surface area contributed by atoms with Crippen LogP contribution < -0.4 is 9.64 Å². The Balaban J connectivity index is 0.00000106. The maximum Gasteiger partial charge on any atom is 0.142 e. The molecule has 1 aromatic rings. The average molecular weight is 223 g/mol. The molecule has 1 rings (SSSR count). The molecule has 1 aromatic carbocycles. The van der Waals surface area contributed by atoms with Crippen LogP contribution in [0.4, 0.5) is 5.69 Å². The van der Waals surface area contributed by atoms with Crippen molar-refractivity contribution in [2.24, 2.45) is 0 Å². The third kappa shape index (κ3) is 3.76. The molecule has 0 bridgehead atoms. The van der Waals surface area contributed by atoms with Crippen molar-refractivity contribution in [3.8, 4) is 5.75 Å². The Labute approximate surface area is 100 Å². The molecule has 0 heterocycles. The lowest BCUT2D eigenvalue weighted by Gasteiger charge is -2.23. The molecule has 92 valence electrons. The molecule has 2 nitrogen and oxygen atoms in total. The second kappa shape index (κ2) is 8.03. The molecule has 0 aliphatic carbocycles. The highest BCUT2D eigenvalue weighted by Crippen LogP contribution is 2.28. The van der Waals surface area contributed by atoms with Crippen LogP contribution in [0.15, 0.2) is 18.2 Å². The van der Waals surface area contributed by atoms with Crippen LogP contribution in [0.2, 0.25) is 0 Å². The zero-order valence-electron chi connectivity index (χ0n) is 11.5. The van der Waals surface area contributed by atoms with E-state index in [9.17, 15) is 0 Å². The molecule has 2 heteroatoms. The van der Waals surface area contributed by atoms with Crippen LogP contribution in [0, 0.1) is 6.92 Å². The van der Waals surface area contributed by atoms with Crippen molar-refractivity contribution in [2.45, 2.75) is 34.6 Å². The molecular formula is C14H25NO. The van der Waals surface area contributed by atoms with Crippen LogP contribution in [0.5, 0.6) is 5.75 Å². The summed E-state index contributed by atoms with van der Waals surface area (Å²) in [6, 6.07) is 6.28. The van der Waals surface area contributed by atoms with Gasteiger partial charge in [-0.1, -0.05) is 19.9 Å². The Hall–Kier alpha value is -1.18. The molecule has 0 unspecified atom stereocenters. The molecule has 0 saturated carbocycles. The van der Waals surface area contributed by atoms with Crippen molar-refractivity contribution in [1.82, 2.24) is 0 Å². The Morgan fingerprint density at radius 3 is 2.12 bits per heavy atom. The van der Waals surface area contributed by atoms with Crippen molar-refractivity contribution < 1.29 is 4.74 Å². The fourth-order valence-corrected chi connectivity index (χ4v) is 1.61. The van der Waals surface area contributed by atoms with Crippen LogP contribution in [-0.2, 0) is 0 Å². The van der Waals surface area contributed by atoms with Gasteiger partial charge in [0.1, 0.15) is 5.75 Å². The number of aryl methyl sites for hydroxylation is 1. The lowest BCUT2D eigenvalue weighted by molar-refractivity contribution is 0.414. The van der Waals surface area contributed by atoms with E-state index in [0.29, 0.717) is 0 Å². The number of hydrogen-bond acceptors (Lipinski definition) is 2. The minimum atomic E-state index is 0.958. The van der Waals surface area contributed by atoms with Gasteiger partial charge in [0.25, 0.3) is 0 Å². The highest BCUT2D eigenvalue weighted by molar-refractivity contribution is 5.59. The molecule has 0 aliphatic heterocycles. The van der Waals surface area contributed by atoms with Crippen LogP contribution in [0.3, 0.4) is 0 Å². The molecule has 0 spiro atoms. The average Bonchev–Trinajstić information content (AvgIpc) is 2.34. The van der Waals surface area contributed by atoms with Gasteiger partial charge in [0, 0.05) is 13.1 Å². The van der Waals surface area contributed by atoms with E-state index in [1.54, 1.807) is 7.11 Å². The maximum absolute atomic E-state index is 5.34. The highest BCUT2D eigenvalue weighted by Gasteiger charge is 2.08. The van der Waals surface area contributed by atoms with Crippen molar-refractivity contribution in [1.29, 1.82) is 0 Å². The summed E-state index contributed by atoms with van der Waals surface area (Å²) in [5, 5.41) is 0. The molecular weight excluding hydrogens is 198 g/mol. The quantitative estimate of drug-likeness (QED) is 0.768. The van der Waals surface area contributed by atoms with Crippen molar-refractivity contribution >= 4 is 5.69 Å². The van der Waals surface area contributed by atoms with E-state index in [0.717, 1.165) is 18.8 Å². The van der Waals surface area contributed by atoms with Gasteiger partial charge >= 0.3 is 0 Å². The smallest absolute Gasteiger partial charge is 0.142 e. The van der Waals surface area contributed by atoms with Crippen molar-refractivity contribution in [3.63, 3.8) is 0 Å². The van der Waals surface area contributed by atoms with E-state index < -0.39 is 0 Å². The third-order valence-electron chi connectivity index (χ3n) is 2.44. The second-order valence-electron chi connectivity index (χ2n) is 3.35. The van der Waals surface area contributed by atoms with E-state index in [2.05, 4.69) is 37.8 Å². The molecule has 16 heavy (non-hydrogen) atoms. The lowest BCUT2D eigenvalue weighted by atomic mass is 10.2. The van der Waals surface area contributed by atoms with E-state index in [4.69, 9.17) is 4.74 Å². The monoisotopic (exact) mass is 223 g/mol. The fourth-order valence-electron chi connectivity index (χ4n) is 1.61. The molecule has 0 saturated heterocycles. The van der Waals surface area contributed by atoms with Gasteiger partial charge in [-0.15, -0.1) is 0 Å². The largest absolute Gasteiger partial charge is 0.495 e. The summed E-state index contributed by atoms with van der Waals surface area (Å²) < 4.78 is 5.34. The number of anilines is 1. The van der Waals surface area contributed by atoms with Gasteiger partial charge in [-0.05, 0) is 38.5 Å². The SMILES string of the molecule is CC.CCN(CC)c1cc(C)ccc1OC. The van der Waals surface area contributed by atoms with E-state index in [-0.39, 0.29) is 0 Å². The number of nitrogens with zero attached hydrogens (tertiary/aromatic N) is 1. The second-order valence-corrected chi connectivity index (χ2v) is 3.35. The summed E-state index contributed by atoms with van der Waals surface area (Å²) in [7, 11) is 1.72. The molecule has 0 fully saturated rings. The lowest BCUT2D eigenvalue weighted by Crippen LogP contribution is -2.22. The standard InChI is InChI=1S/C12H19NO.C2H6/c1-5-13(6-2)11-9-10(3)7-8-12(11)14-4;1-2/h7-9H,5-6H2,1-4H3;1-2H3. The predicted octanol–water partition coefficient (Wildman–Crippen LogP) is 3.88. The molecule has 0 N–H and O–H groups in total. The minimum absolute atomic E-state index is 0.958. The van der Waals surface area contributed by atoms with Gasteiger partial charge in [-0.25, -0.2) is 0 Å². The van der Waals surface area contributed by atoms with Gasteiger partial charge in [0.2, 0.25) is 0 Å². The normalized spacial score (nSPS) is 9.12. The minimum Gasteiger partial charge on any atom is -0.495 e. The molecule has 0 atom stereocenters. The van der Waals surface area contributed by atoms with Gasteiger partial charge in [-0.3, -0.25) is 0 Å². The summed E-state index contributed by atoms with van der Waals surface area (Å²) in [5.74, 6) is 0.958. The van der Waals surface area contributed by atoms with Crippen LogP contribution in [0.25, 0.3) is 0 Å². The summed E-state index contributed by atoms with van der Waals surface area (Å²) >= 11 is 0. The number of hydrogen-bond donors (Lipinski definition) is 0. The highest BCUT2D eigenvalue weighted by atomic mass is 16.5. The maximum atomic E-state index is 5.34. The number of ether oxygens (including phenoxy) is 1. The van der Waals surface area contributed by atoms with E-state index in [1.165, 1.54) is 11.3 Å². The van der Waals surface area contributed by atoms with Gasteiger partial charge in [0.15, 0.2) is 0 Å². The number of methoxy groups -OCH3 is 1. The number of benzene rings is 1. The Morgan fingerprint density at radius 1 is 1.12 bits per heavy atom. The van der Waals surface area contributed by atoms with E-state index in [1.807, 2.05) is 19.9 Å². The summed E-state index contributed by atoms with van der Waals surface area (Å²) in [5.41, 5.74) is 2.46. The molecule has 0 radical (unpaired) electrons. The van der Waals surface area contributed by atoms with Gasteiger partial charge in [-0.2, -0.15) is 0 Å². The Kier molecular flexibility index (Phi) is 7.44. The number of rotatable bonds is 4. The van der Waals surface area contributed by atoms with Crippen LogP contribution in [0.1, 0.15) is 33.3 Å². The Morgan fingerprint density at radius 2 is 1.69 bits per heavy atom. The summed E-state index contributed by atoms with van der Waals surface area (Å²) in [4.78, 5) is 2.30. The molecule has 0 aromatic heterocycles. The first-order valence-corrected chi connectivity index (χ1v) is 6.12. The topological polar surface area (TPSA) is 12.5 Å². The zero-order chi connectivity index (χ0) is 12.6. The van der Waals surface area contributed by atoms with Crippen LogP contribution in [-0.4, -0.2) is 20.2 Å². The summed E-state index contributed by atoms with van der Waals surface area (Å²) in [6.07, 6.45) is 0. The predicted molar refractivity (Wildman–Crippen MR) is 72.6 cm³/mol. The molecule has 0 amide bonds. The fraction of sp³-hybridized carbons (Fsp3) is 0.571. The summed E-state index contributed by atoms with van der Waals surface area (Å²) in [6.45, 7) is 12.4.